The second kappa shape index (κ2) is 7.55. The standard InChI is InChI=1S/C18H14N4O2S/c1-12(18-20-14-7-3-5-9-16(14)25-18)21-22-17(23)11-24-15-8-4-2-6-13(15)10-19/h2-9H,11H2,1H3,(H,22,23)/b21-12-. The van der Waals surface area contributed by atoms with E-state index in [1.54, 1.807) is 31.2 Å². The minimum absolute atomic E-state index is 0.227. The number of ether oxygens (including phenoxy) is 1. The molecule has 1 aromatic heterocycles. The molecule has 0 fully saturated rings. The van der Waals surface area contributed by atoms with Gasteiger partial charge in [-0.15, -0.1) is 11.3 Å². The molecular formula is C18H14N4O2S. The van der Waals surface area contributed by atoms with Crippen LogP contribution < -0.4 is 10.2 Å². The molecular weight excluding hydrogens is 336 g/mol. The maximum absolute atomic E-state index is 11.9. The molecule has 0 atom stereocenters. The number of nitriles is 1. The van der Waals surface area contributed by atoms with Crippen molar-refractivity contribution in [1.29, 1.82) is 5.26 Å². The van der Waals surface area contributed by atoms with E-state index in [9.17, 15) is 4.79 Å². The van der Waals surface area contributed by atoms with Crippen LogP contribution in [-0.2, 0) is 4.79 Å². The molecule has 0 spiro atoms. The average Bonchev–Trinajstić information content (AvgIpc) is 3.09. The lowest BCUT2D eigenvalue weighted by Gasteiger charge is -2.06. The van der Waals surface area contributed by atoms with Crippen molar-refractivity contribution in [3.05, 3.63) is 59.1 Å². The molecule has 0 radical (unpaired) electrons. The second-order valence-electron chi connectivity index (χ2n) is 5.12. The van der Waals surface area contributed by atoms with E-state index in [2.05, 4.69) is 15.5 Å². The largest absolute Gasteiger partial charge is 0.482 e. The number of hydrazone groups is 1. The molecule has 25 heavy (non-hydrogen) atoms. The topological polar surface area (TPSA) is 87.4 Å². The van der Waals surface area contributed by atoms with Gasteiger partial charge in [-0.2, -0.15) is 10.4 Å². The lowest BCUT2D eigenvalue weighted by Crippen LogP contribution is -2.25. The first-order valence-corrected chi connectivity index (χ1v) is 8.30. The van der Waals surface area contributed by atoms with Crippen molar-refractivity contribution in [3.63, 3.8) is 0 Å². The van der Waals surface area contributed by atoms with Crippen LogP contribution in [0.5, 0.6) is 5.75 Å². The summed E-state index contributed by atoms with van der Waals surface area (Å²) in [5, 5.41) is 13.8. The van der Waals surface area contributed by atoms with Gasteiger partial charge < -0.3 is 4.74 Å². The molecule has 3 aromatic rings. The van der Waals surface area contributed by atoms with E-state index in [0.29, 0.717) is 17.0 Å². The number of para-hydroxylation sites is 2. The Labute approximate surface area is 148 Å². The Bertz CT molecular complexity index is 955. The first kappa shape index (κ1) is 16.6. The van der Waals surface area contributed by atoms with Gasteiger partial charge in [-0.3, -0.25) is 4.79 Å². The first-order valence-electron chi connectivity index (χ1n) is 7.48. The number of fused-ring (bicyclic) bond motifs is 1. The van der Waals surface area contributed by atoms with E-state index in [1.807, 2.05) is 30.3 Å². The zero-order chi connectivity index (χ0) is 17.6. The van der Waals surface area contributed by atoms with Crippen LogP contribution in [-0.4, -0.2) is 23.2 Å². The highest BCUT2D eigenvalue weighted by Gasteiger charge is 2.08. The summed E-state index contributed by atoms with van der Waals surface area (Å²) in [6, 6.07) is 16.6. The quantitative estimate of drug-likeness (QED) is 0.566. The normalized spacial score (nSPS) is 11.1. The summed E-state index contributed by atoms with van der Waals surface area (Å²) in [4.78, 5) is 16.4. The fourth-order valence-electron chi connectivity index (χ4n) is 2.08. The molecule has 1 amide bonds. The summed E-state index contributed by atoms with van der Waals surface area (Å²) >= 11 is 1.51. The van der Waals surface area contributed by atoms with Crippen LogP contribution >= 0.6 is 11.3 Å². The third kappa shape index (κ3) is 4.00. The van der Waals surface area contributed by atoms with Gasteiger partial charge in [0.05, 0.1) is 21.5 Å². The summed E-state index contributed by atoms with van der Waals surface area (Å²) < 4.78 is 6.42. The third-order valence-corrected chi connectivity index (χ3v) is 4.46. The van der Waals surface area contributed by atoms with Crippen molar-refractivity contribution in [1.82, 2.24) is 10.4 Å². The van der Waals surface area contributed by atoms with Gasteiger partial charge in [0.15, 0.2) is 6.61 Å². The fraction of sp³-hybridized carbons (Fsp3) is 0.111. The Hall–Kier alpha value is -3.24. The molecule has 0 unspecified atom stereocenters. The van der Waals surface area contributed by atoms with Crippen molar-refractivity contribution >= 4 is 33.2 Å². The highest BCUT2D eigenvalue weighted by molar-refractivity contribution is 7.20. The van der Waals surface area contributed by atoms with Crippen molar-refractivity contribution in [2.75, 3.05) is 6.61 Å². The van der Waals surface area contributed by atoms with Gasteiger partial charge in [0.25, 0.3) is 5.91 Å². The number of aromatic nitrogens is 1. The molecule has 0 bridgehead atoms. The number of hydrogen-bond donors (Lipinski definition) is 1. The molecule has 124 valence electrons. The van der Waals surface area contributed by atoms with Crippen LogP contribution in [0.3, 0.4) is 0 Å². The van der Waals surface area contributed by atoms with Crippen LogP contribution in [0.15, 0.2) is 53.6 Å². The number of carbonyl (C=O) groups excluding carboxylic acids is 1. The second-order valence-corrected chi connectivity index (χ2v) is 6.15. The molecule has 7 heteroatoms. The van der Waals surface area contributed by atoms with E-state index in [-0.39, 0.29) is 6.61 Å². The van der Waals surface area contributed by atoms with Gasteiger partial charge in [-0.25, -0.2) is 10.4 Å². The summed E-state index contributed by atoms with van der Waals surface area (Å²) in [5.41, 5.74) is 4.34. The number of amides is 1. The Morgan fingerprint density at radius 3 is 2.84 bits per heavy atom. The highest BCUT2D eigenvalue weighted by atomic mass is 32.1. The van der Waals surface area contributed by atoms with Gasteiger partial charge in [-0.05, 0) is 31.2 Å². The lowest BCUT2D eigenvalue weighted by atomic mass is 10.2. The Balaban J connectivity index is 1.61. The number of thiazole rings is 1. The molecule has 6 nitrogen and oxygen atoms in total. The molecule has 1 heterocycles. The monoisotopic (exact) mass is 350 g/mol. The zero-order valence-electron chi connectivity index (χ0n) is 13.4. The Morgan fingerprint density at radius 1 is 1.28 bits per heavy atom. The van der Waals surface area contributed by atoms with Crippen molar-refractivity contribution in [2.45, 2.75) is 6.92 Å². The Kier molecular flexibility index (Phi) is 5.02. The van der Waals surface area contributed by atoms with Crippen molar-refractivity contribution < 1.29 is 9.53 Å². The summed E-state index contributed by atoms with van der Waals surface area (Å²) in [7, 11) is 0. The van der Waals surface area contributed by atoms with Gasteiger partial charge in [0.2, 0.25) is 0 Å². The number of carbonyl (C=O) groups is 1. The maximum Gasteiger partial charge on any atom is 0.277 e. The maximum atomic E-state index is 11.9. The summed E-state index contributed by atoms with van der Waals surface area (Å²) in [6.07, 6.45) is 0. The summed E-state index contributed by atoms with van der Waals surface area (Å²) in [5.74, 6) is -0.0415. The fourth-order valence-corrected chi connectivity index (χ4v) is 2.99. The molecule has 0 aliphatic carbocycles. The zero-order valence-corrected chi connectivity index (χ0v) is 14.2. The van der Waals surface area contributed by atoms with Crippen molar-refractivity contribution in [2.24, 2.45) is 5.10 Å². The smallest absolute Gasteiger partial charge is 0.277 e. The van der Waals surface area contributed by atoms with E-state index in [0.717, 1.165) is 15.2 Å². The van der Waals surface area contributed by atoms with E-state index in [4.69, 9.17) is 10.00 Å². The lowest BCUT2D eigenvalue weighted by molar-refractivity contribution is -0.123. The molecule has 0 aliphatic rings. The predicted octanol–water partition coefficient (Wildman–Crippen LogP) is 3.09. The van der Waals surface area contributed by atoms with Crippen LogP contribution in [0.4, 0.5) is 0 Å². The van der Waals surface area contributed by atoms with Crippen LogP contribution in [0.2, 0.25) is 0 Å². The van der Waals surface area contributed by atoms with E-state index >= 15 is 0 Å². The SMILES string of the molecule is C/C(=N/NC(=O)COc1ccccc1C#N)c1nc2ccccc2s1. The molecule has 2 aromatic carbocycles. The number of rotatable bonds is 5. The van der Waals surface area contributed by atoms with Crippen LogP contribution in [0.25, 0.3) is 10.2 Å². The minimum Gasteiger partial charge on any atom is -0.482 e. The molecule has 0 aliphatic heterocycles. The third-order valence-electron chi connectivity index (χ3n) is 3.32. The number of hydrogen-bond acceptors (Lipinski definition) is 6. The molecule has 1 N–H and O–H groups in total. The van der Waals surface area contributed by atoms with E-state index < -0.39 is 5.91 Å². The number of benzene rings is 2. The highest BCUT2D eigenvalue weighted by Crippen LogP contribution is 2.21. The van der Waals surface area contributed by atoms with Crippen molar-refractivity contribution in [3.8, 4) is 11.8 Å². The molecule has 0 saturated carbocycles. The minimum atomic E-state index is -0.409. The molecule has 0 saturated heterocycles. The van der Waals surface area contributed by atoms with Crippen LogP contribution in [0.1, 0.15) is 17.5 Å². The van der Waals surface area contributed by atoms with Gasteiger partial charge >= 0.3 is 0 Å². The predicted molar refractivity (Wildman–Crippen MR) is 96.6 cm³/mol. The van der Waals surface area contributed by atoms with Gasteiger partial charge in [0, 0.05) is 0 Å². The number of nitrogens with one attached hydrogen (secondary N) is 1. The van der Waals surface area contributed by atoms with Gasteiger partial charge in [0.1, 0.15) is 16.8 Å². The first-order chi connectivity index (χ1) is 12.2. The van der Waals surface area contributed by atoms with Crippen LogP contribution in [0, 0.1) is 11.3 Å². The number of nitrogens with zero attached hydrogens (tertiary/aromatic N) is 3. The van der Waals surface area contributed by atoms with Gasteiger partial charge in [-0.1, -0.05) is 24.3 Å². The summed E-state index contributed by atoms with van der Waals surface area (Å²) in [6.45, 7) is 1.55. The average molecular weight is 350 g/mol. The van der Waals surface area contributed by atoms with E-state index in [1.165, 1.54) is 11.3 Å². The Morgan fingerprint density at radius 2 is 2.04 bits per heavy atom. The molecule has 3 rings (SSSR count).